The fourth-order valence-electron chi connectivity index (χ4n) is 2.00. The van der Waals surface area contributed by atoms with Gasteiger partial charge in [-0.2, -0.15) is 0 Å². The molecule has 2 N–H and O–H groups in total. The summed E-state index contributed by atoms with van der Waals surface area (Å²) in [6.07, 6.45) is 3.70. The van der Waals surface area contributed by atoms with Crippen molar-refractivity contribution in [2.75, 3.05) is 6.54 Å². The number of rotatable bonds is 9. The summed E-state index contributed by atoms with van der Waals surface area (Å²) in [5.41, 5.74) is 1.11. The maximum absolute atomic E-state index is 12.0. The van der Waals surface area contributed by atoms with E-state index in [4.69, 9.17) is 5.11 Å². The molecule has 5 heteroatoms. The van der Waals surface area contributed by atoms with E-state index in [1.807, 2.05) is 11.4 Å². The number of unbranched alkanes of at least 4 members (excludes halogenated alkanes) is 3. The van der Waals surface area contributed by atoms with E-state index >= 15 is 0 Å². The third-order valence-corrected chi connectivity index (χ3v) is 4.06. The minimum atomic E-state index is -0.739. The third-order valence-electron chi connectivity index (χ3n) is 3.13. The highest BCUT2D eigenvalue weighted by Crippen LogP contribution is 2.24. The van der Waals surface area contributed by atoms with Crippen molar-refractivity contribution in [3.05, 3.63) is 21.9 Å². The van der Waals surface area contributed by atoms with Crippen LogP contribution < -0.4 is 5.32 Å². The fourth-order valence-corrected chi connectivity index (χ4v) is 2.97. The smallest absolute Gasteiger partial charge is 0.303 e. The molecule has 0 radical (unpaired) electrons. The Kier molecular flexibility index (Phi) is 7.30. The highest BCUT2D eigenvalue weighted by atomic mass is 32.1. The quantitative estimate of drug-likeness (QED) is 0.684. The first-order valence-corrected chi connectivity index (χ1v) is 7.97. The highest BCUT2D eigenvalue weighted by Gasteiger charge is 2.14. The van der Waals surface area contributed by atoms with Gasteiger partial charge in [-0.3, -0.25) is 9.59 Å². The lowest BCUT2D eigenvalue weighted by Crippen LogP contribution is -2.24. The van der Waals surface area contributed by atoms with Crippen molar-refractivity contribution >= 4 is 23.2 Å². The monoisotopic (exact) mass is 297 g/mol. The molecule has 1 aromatic rings. The number of hydrogen-bond acceptors (Lipinski definition) is 3. The predicted molar refractivity (Wildman–Crippen MR) is 81.5 cm³/mol. The Labute approximate surface area is 124 Å². The van der Waals surface area contributed by atoms with Crippen molar-refractivity contribution in [1.82, 2.24) is 5.32 Å². The number of carboxylic acid groups (broad SMARTS) is 1. The van der Waals surface area contributed by atoms with Gasteiger partial charge in [-0.05, 0) is 35.8 Å². The van der Waals surface area contributed by atoms with Gasteiger partial charge >= 0.3 is 5.97 Å². The van der Waals surface area contributed by atoms with Crippen LogP contribution in [0.15, 0.2) is 11.4 Å². The molecule has 0 aliphatic heterocycles. The zero-order valence-electron chi connectivity index (χ0n) is 12.1. The molecule has 0 bridgehead atoms. The van der Waals surface area contributed by atoms with E-state index in [-0.39, 0.29) is 12.3 Å². The van der Waals surface area contributed by atoms with Gasteiger partial charge in [0.1, 0.15) is 0 Å². The molecule has 112 valence electrons. The minimum Gasteiger partial charge on any atom is -0.481 e. The van der Waals surface area contributed by atoms with Crippen LogP contribution in [-0.2, 0) is 4.79 Å². The molecule has 4 nitrogen and oxygen atoms in total. The first-order valence-electron chi connectivity index (χ1n) is 7.09. The highest BCUT2D eigenvalue weighted by molar-refractivity contribution is 7.12. The third kappa shape index (κ3) is 5.74. The summed E-state index contributed by atoms with van der Waals surface area (Å²) >= 11 is 1.48. The van der Waals surface area contributed by atoms with Gasteiger partial charge in [0.25, 0.3) is 5.91 Å². The van der Waals surface area contributed by atoms with Gasteiger partial charge in [-0.15, -0.1) is 11.3 Å². The number of hydrogen-bond donors (Lipinski definition) is 2. The van der Waals surface area contributed by atoms with Gasteiger partial charge in [0.2, 0.25) is 0 Å². The van der Waals surface area contributed by atoms with Crippen molar-refractivity contribution < 1.29 is 14.7 Å². The second-order valence-electron chi connectivity index (χ2n) is 5.17. The molecule has 0 aliphatic rings. The lowest BCUT2D eigenvalue weighted by atomic mass is 10.0. The number of thiophene rings is 1. The first kappa shape index (κ1) is 16.7. The molecule has 0 atom stereocenters. The minimum absolute atomic E-state index is 0.00855. The van der Waals surface area contributed by atoms with Crippen LogP contribution in [0.3, 0.4) is 0 Å². The number of carboxylic acids is 1. The van der Waals surface area contributed by atoms with Gasteiger partial charge in [0, 0.05) is 13.0 Å². The van der Waals surface area contributed by atoms with Gasteiger partial charge in [0.05, 0.1) is 4.88 Å². The van der Waals surface area contributed by atoms with Crippen LogP contribution in [0, 0.1) is 0 Å². The zero-order valence-corrected chi connectivity index (χ0v) is 13.0. The molecule has 0 saturated carbocycles. The molecule has 0 aromatic carbocycles. The Hall–Kier alpha value is -1.36. The molecule has 0 fully saturated rings. The van der Waals surface area contributed by atoms with E-state index in [2.05, 4.69) is 19.2 Å². The molecule has 0 unspecified atom stereocenters. The normalized spacial score (nSPS) is 10.8. The number of nitrogens with one attached hydrogen (secondary N) is 1. The lowest BCUT2D eigenvalue weighted by Gasteiger charge is -2.08. The maximum Gasteiger partial charge on any atom is 0.303 e. The lowest BCUT2D eigenvalue weighted by molar-refractivity contribution is -0.137. The summed E-state index contributed by atoms with van der Waals surface area (Å²) in [6, 6.07) is 2.01. The number of aliphatic carboxylic acids is 1. The van der Waals surface area contributed by atoms with Crippen LogP contribution in [0.5, 0.6) is 0 Å². The molecule has 1 rings (SSSR count). The molecule has 1 aromatic heterocycles. The Morgan fingerprint density at radius 3 is 2.60 bits per heavy atom. The standard InChI is InChI=1S/C15H23NO3S/c1-11(2)12-8-10-20-14(12)15(19)16-9-6-4-3-5-7-13(17)18/h8,10-11H,3-7,9H2,1-2H3,(H,16,19)(H,17,18). The van der Waals surface area contributed by atoms with Crippen LogP contribution in [-0.4, -0.2) is 23.5 Å². The van der Waals surface area contributed by atoms with Crippen molar-refractivity contribution in [2.45, 2.75) is 51.9 Å². The van der Waals surface area contributed by atoms with Crippen LogP contribution in [0.25, 0.3) is 0 Å². The average Bonchev–Trinajstić information content (AvgIpc) is 2.86. The van der Waals surface area contributed by atoms with E-state index in [0.29, 0.717) is 18.9 Å². The molecular weight excluding hydrogens is 274 g/mol. The second-order valence-corrected chi connectivity index (χ2v) is 6.09. The van der Waals surface area contributed by atoms with Crippen molar-refractivity contribution in [3.63, 3.8) is 0 Å². The summed E-state index contributed by atoms with van der Waals surface area (Å²) in [7, 11) is 0. The van der Waals surface area contributed by atoms with Crippen LogP contribution in [0.2, 0.25) is 0 Å². The van der Waals surface area contributed by atoms with Crippen LogP contribution in [0.4, 0.5) is 0 Å². The van der Waals surface area contributed by atoms with Gasteiger partial charge < -0.3 is 10.4 Å². The summed E-state index contributed by atoms with van der Waals surface area (Å²) in [6.45, 7) is 4.82. The molecule has 0 saturated heterocycles. The molecule has 0 aliphatic carbocycles. The molecule has 20 heavy (non-hydrogen) atoms. The van der Waals surface area contributed by atoms with Crippen molar-refractivity contribution in [2.24, 2.45) is 0 Å². The van der Waals surface area contributed by atoms with Crippen molar-refractivity contribution in [1.29, 1.82) is 0 Å². The maximum atomic E-state index is 12.0. The SMILES string of the molecule is CC(C)c1ccsc1C(=O)NCCCCCCC(=O)O. The Morgan fingerprint density at radius 2 is 1.95 bits per heavy atom. The molecule has 1 heterocycles. The average molecular weight is 297 g/mol. The zero-order chi connectivity index (χ0) is 15.0. The molecule has 1 amide bonds. The molecular formula is C15H23NO3S. The predicted octanol–water partition coefficient (Wildman–Crippen LogP) is 3.64. The summed E-state index contributed by atoms with van der Waals surface area (Å²) < 4.78 is 0. The van der Waals surface area contributed by atoms with E-state index in [9.17, 15) is 9.59 Å². The van der Waals surface area contributed by atoms with E-state index in [0.717, 1.165) is 29.7 Å². The summed E-state index contributed by atoms with van der Waals surface area (Å²) in [5.74, 6) is -0.371. The fraction of sp³-hybridized carbons (Fsp3) is 0.600. The van der Waals surface area contributed by atoms with Gasteiger partial charge in [-0.25, -0.2) is 0 Å². The molecule has 0 spiro atoms. The first-order chi connectivity index (χ1) is 9.52. The summed E-state index contributed by atoms with van der Waals surface area (Å²) in [4.78, 5) is 23.2. The van der Waals surface area contributed by atoms with Crippen LogP contribution in [0.1, 0.15) is 67.1 Å². The van der Waals surface area contributed by atoms with Gasteiger partial charge in [0.15, 0.2) is 0 Å². The Morgan fingerprint density at radius 1 is 1.25 bits per heavy atom. The van der Waals surface area contributed by atoms with Crippen LogP contribution >= 0.6 is 11.3 Å². The second kappa shape index (κ2) is 8.74. The van der Waals surface area contributed by atoms with Crippen molar-refractivity contribution in [3.8, 4) is 0 Å². The largest absolute Gasteiger partial charge is 0.481 e. The number of carbonyl (C=O) groups excluding carboxylic acids is 1. The van der Waals surface area contributed by atoms with Gasteiger partial charge in [-0.1, -0.05) is 26.7 Å². The Balaban J connectivity index is 2.20. The van der Waals surface area contributed by atoms with E-state index in [1.54, 1.807) is 0 Å². The number of carbonyl (C=O) groups is 2. The van der Waals surface area contributed by atoms with E-state index < -0.39 is 5.97 Å². The Bertz CT molecular complexity index is 440. The number of amides is 1. The van der Waals surface area contributed by atoms with E-state index in [1.165, 1.54) is 11.3 Å². The summed E-state index contributed by atoms with van der Waals surface area (Å²) in [5, 5.41) is 13.4. The topological polar surface area (TPSA) is 66.4 Å².